The van der Waals surface area contributed by atoms with Crippen LogP contribution in [0.4, 0.5) is 16.2 Å². The first-order valence-electron chi connectivity index (χ1n) is 9.97. The van der Waals surface area contributed by atoms with Gasteiger partial charge in [-0.05, 0) is 49.4 Å². The van der Waals surface area contributed by atoms with Crippen LogP contribution in [0.25, 0.3) is 0 Å². The summed E-state index contributed by atoms with van der Waals surface area (Å²) in [5.74, 6) is -0.326. The maximum absolute atomic E-state index is 13.6. The molecule has 2 aliphatic heterocycles. The van der Waals surface area contributed by atoms with Crippen LogP contribution in [-0.2, 0) is 4.79 Å². The minimum Gasteiger partial charge on any atom is -0.466 e. The molecule has 2 heterocycles. The molecule has 0 saturated carbocycles. The minimum atomic E-state index is -1.24. The molecule has 7 heteroatoms. The van der Waals surface area contributed by atoms with Crippen molar-refractivity contribution in [1.29, 1.82) is 0 Å². The first kappa shape index (κ1) is 19.5. The van der Waals surface area contributed by atoms with Gasteiger partial charge in [-0.1, -0.05) is 48.0 Å². The highest BCUT2D eigenvalue weighted by Gasteiger charge is 2.60. The number of halogens is 1. The van der Waals surface area contributed by atoms with Crippen molar-refractivity contribution in [3.63, 3.8) is 0 Å². The average molecular weight is 434 g/mol. The number of benzene rings is 3. The van der Waals surface area contributed by atoms with Crippen molar-refractivity contribution in [1.82, 2.24) is 5.32 Å². The monoisotopic (exact) mass is 433 g/mol. The van der Waals surface area contributed by atoms with E-state index in [0.717, 1.165) is 5.56 Å². The fraction of sp³-hybridized carbons (Fsp3) is 0.167. The predicted octanol–water partition coefficient (Wildman–Crippen LogP) is 4.97. The molecule has 31 heavy (non-hydrogen) atoms. The summed E-state index contributed by atoms with van der Waals surface area (Å²) in [4.78, 5) is 28.3. The summed E-state index contributed by atoms with van der Waals surface area (Å²) in [6, 6.07) is 22.7. The van der Waals surface area contributed by atoms with E-state index in [1.54, 1.807) is 31.2 Å². The van der Waals surface area contributed by atoms with Gasteiger partial charge in [-0.2, -0.15) is 0 Å². The molecule has 3 aromatic carbocycles. The number of urea groups is 1. The van der Waals surface area contributed by atoms with Crippen LogP contribution in [0.3, 0.4) is 0 Å². The molecule has 2 bridgehead atoms. The molecule has 0 spiro atoms. The molecular weight excluding hydrogens is 414 g/mol. The Morgan fingerprint density at radius 3 is 2.45 bits per heavy atom. The number of carbonyl (C=O) groups excluding carboxylic acids is 2. The summed E-state index contributed by atoms with van der Waals surface area (Å²) in [6.07, 6.45) is 0. The Bertz CT molecular complexity index is 1150. The first-order chi connectivity index (χ1) is 15.0. The highest BCUT2D eigenvalue weighted by molar-refractivity contribution is 6.30. The molecule has 0 aliphatic carbocycles. The molecule has 3 aromatic rings. The van der Waals surface area contributed by atoms with Gasteiger partial charge in [-0.3, -0.25) is 9.69 Å². The van der Waals surface area contributed by atoms with E-state index in [2.05, 4.69) is 10.6 Å². The molecule has 1 saturated heterocycles. The second kappa shape index (κ2) is 7.32. The number of fused-ring (bicyclic) bond motifs is 4. The van der Waals surface area contributed by atoms with Crippen molar-refractivity contribution in [2.75, 3.05) is 10.2 Å². The third kappa shape index (κ3) is 3.20. The first-order valence-corrected chi connectivity index (χ1v) is 10.4. The zero-order valence-corrected chi connectivity index (χ0v) is 17.5. The molecule has 0 unspecified atom stereocenters. The molecular formula is C24H20ClN3O3. The zero-order chi connectivity index (χ0) is 21.6. The van der Waals surface area contributed by atoms with E-state index < -0.39 is 17.7 Å². The Labute approximate surface area is 184 Å². The van der Waals surface area contributed by atoms with Crippen molar-refractivity contribution in [3.8, 4) is 5.75 Å². The average Bonchev–Trinajstić information content (AvgIpc) is 2.75. The van der Waals surface area contributed by atoms with Crippen molar-refractivity contribution in [2.45, 2.75) is 18.7 Å². The van der Waals surface area contributed by atoms with Crippen LogP contribution >= 0.6 is 11.6 Å². The largest absolute Gasteiger partial charge is 0.466 e. The standard InChI is InChI=1S/C24H20ClN3O3/c1-24-20(22(29)26-16-13-11-15(25)12-14-16)21(18-9-5-6-10-19(18)31-24)27-23(30)28(24)17-7-3-2-4-8-17/h2-14,20-21H,1H3,(H,26,29)(H,27,30)/t20-,21-,24+/m1/s1. The molecule has 6 nitrogen and oxygen atoms in total. The number of nitrogens with one attached hydrogen (secondary N) is 2. The summed E-state index contributed by atoms with van der Waals surface area (Å²) in [5, 5.41) is 6.57. The van der Waals surface area contributed by atoms with Crippen molar-refractivity contribution in [3.05, 3.63) is 89.4 Å². The lowest BCUT2D eigenvalue weighted by molar-refractivity contribution is -0.131. The second-order valence-corrected chi connectivity index (χ2v) is 8.20. The van der Waals surface area contributed by atoms with Crippen LogP contribution < -0.4 is 20.3 Å². The molecule has 1 fully saturated rings. The Morgan fingerprint density at radius 2 is 1.71 bits per heavy atom. The summed E-state index contributed by atoms with van der Waals surface area (Å²) in [6.45, 7) is 1.79. The predicted molar refractivity (Wildman–Crippen MR) is 119 cm³/mol. The molecule has 3 atom stereocenters. The molecule has 0 radical (unpaired) electrons. The van der Waals surface area contributed by atoms with Crippen LogP contribution in [0.15, 0.2) is 78.9 Å². The molecule has 5 rings (SSSR count). The van der Waals surface area contributed by atoms with Gasteiger partial charge in [-0.25, -0.2) is 4.79 Å². The SMILES string of the molecule is C[C@@]12Oc3ccccc3[C@@H](NC(=O)N1c1ccccc1)[C@@H]2C(=O)Nc1ccc(Cl)cc1. The maximum Gasteiger partial charge on any atom is 0.325 e. The second-order valence-electron chi connectivity index (χ2n) is 7.77. The van der Waals surface area contributed by atoms with E-state index in [9.17, 15) is 9.59 Å². The van der Waals surface area contributed by atoms with Gasteiger partial charge in [0, 0.05) is 22.0 Å². The van der Waals surface area contributed by atoms with Gasteiger partial charge in [0.25, 0.3) is 0 Å². The molecule has 3 amide bonds. The summed E-state index contributed by atoms with van der Waals surface area (Å²) < 4.78 is 6.40. The van der Waals surface area contributed by atoms with Crippen LogP contribution in [0.2, 0.25) is 5.02 Å². The highest BCUT2D eigenvalue weighted by atomic mass is 35.5. The van der Waals surface area contributed by atoms with Crippen LogP contribution in [0.5, 0.6) is 5.75 Å². The number of hydrogen-bond acceptors (Lipinski definition) is 3. The van der Waals surface area contributed by atoms with E-state index in [-0.39, 0.29) is 11.9 Å². The maximum atomic E-state index is 13.6. The van der Waals surface area contributed by atoms with Crippen LogP contribution in [0.1, 0.15) is 18.5 Å². The minimum absolute atomic E-state index is 0.259. The molecule has 0 aromatic heterocycles. The highest BCUT2D eigenvalue weighted by Crippen LogP contribution is 2.49. The van der Waals surface area contributed by atoms with Gasteiger partial charge >= 0.3 is 6.03 Å². The number of para-hydroxylation sites is 2. The summed E-state index contributed by atoms with van der Waals surface area (Å²) >= 11 is 5.97. The van der Waals surface area contributed by atoms with E-state index in [0.29, 0.717) is 22.1 Å². The summed E-state index contributed by atoms with van der Waals surface area (Å²) in [7, 11) is 0. The quantitative estimate of drug-likeness (QED) is 0.612. The summed E-state index contributed by atoms with van der Waals surface area (Å²) in [5.41, 5.74) is 0.800. The molecule has 2 aliphatic rings. The van der Waals surface area contributed by atoms with Crippen molar-refractivity contribution >= 4 is 34.9 Å². The van der Waals surface area contributed by atoms with E-state index >= 15 is 0 Å². The van der Waals surface area contributed by atoms with E-state index in [1.807, 2.05) is 54.6 Å². The Balaban J connectivity index is 1.60. The lowest BCUT2D eigenvalue weighted by atomic mass is 9.78. The Hall–Kier alpha value is -3.51. The third-order valence-corrected chi connectivity index (χ3v) is 6.07. The Kier molecular flexibility index (Phi) is 4.59. The fourth-order valence-electron chi connectivity index (χ4n) is 4.45. The van der Waals surface area contributed by atoms with Gasteiger partial charge in [0.15, 0.2) is 0 Å². The lowest BCUT2D eigenvalue weighted by Gasteiger charge is -2.54. The van der Waals surface area contributed by atoms with Crippen LogP contribution in [-0.4, -0.2) is 17.7 Å². The fourth-order valence-corrected chi connectivity index (χ4v) is 4.57. The number of ether oxygens (including phenoxy) is 1. The number of nitrogens with zero attached hydrogens (tertiary/aromatic N) is 1. The zero-order valence-electron chi connectivity index (χ0n) is 16.7. The van der Waals surface area contributed by atoms with Gasteiger partial charge in [0.05, 0.1) is 6.04 Å². The topological polar surface area (TPSA) is 70.7 Å². The van der Waals surface area contributed by atoms with E-state index in [1.165, 1.54) is 4.90 Å². The van der Waals surface area contributed by atoms with Gasteiger partial charge in [0.2, 0.25) is 11.6 Å². The number of anilines is 2. The normalized spacial score (nSPS) is 23.9. The third-order valence-electron chi connectivity index (χ3n) is 5.82. The van der Waals surface area contributed by atoms with Crippen molar-refractivity contribution < 1.29 is 14.3 Å². The van der Waals surface area contributed by atoms with E-state index in [4.69, 9.17) is 16.3 Å². The smallest absolute Gasteiger partial charge is 0.325 e. The molecule has 156 valence electrons. The Morgan fingerprint density at radius 1 is 1.03 bits per heavy atom. The van der Waals surface area contributed by atoms with Gasteiger partial charge in [-0.15, -0.1) is 0 Å². The molecule has 2 N–H and O–H groups in total. The number of carbonyl (C=O) groups is 2. The van der Waals surface area contributed by atoms with Crippen molar-refractivity contribution in [2.24, 2.45) is 5.92 Å². The number of rotatable bonds is 3. The number of amides is 3. The van der Waals surface area contributed by atoms with Gasteiger partial charge < -0.3 is 15.4 Å². The van der Waals surface area contributed by atoms with Gasteiger partial charge in [0.1, 0.15) is 11.7 Å². The lowest BCUT2D eigenvalue weighted by Crippen LogP contribution is -2.72. The van der Waals surface area contributed by atoms with Crippen LogP contribution in [0, 0.1) is 5.92 Å². The number of hydrogen-bond donors (Lipinski definition) is 2.